The Morgan fingerprint density at radius 1 is 1.00 bits per heavy atom. The van der Waals surface area contributed by atoms with Gasteiger partial charge in [-0.3, -0.25) is 4.79 Å². The zero-order chi connectivity index (χ0) is 20.1. The van der Waals surface area contributed by atoms with E-state index in [1.807, 2.05) is 55.5 Å². The molecule has 0 spiro atoms. The smallest absolute Gasteiger partial charge is 0.261 e. The molecule has 0 unspecified atom stereocenters. The molecule has 5 heteroatoms. The Balaban J connectivity index is 1.64. The molecule has 0 radical (unpaired) electrons. The SMILES string of the molecule is Cc1ccc(CN(Cc2ccco2)C(=O)COc2ccc(C(C)(C)C)cc2)o1. The van der Waals surface area contributed by atoms with Gasteiger partial charge < -0.3 is 18.5 Å². The lowest BCUT2D eigenvalue weighted by molar-refractivity contribution is -0.135. The largest absolute Gasteiger partial charge is 0.484 e. The van der Waals surface area contributed by atoms with Gasteiger partial charge in [0, 0.05) is 0 Å². The number of rotatable bonds is 7. The van der Waals surface area contributed by atoms with Crippen LogP contribution in [0.25, 0.3) is 0 Å². The maximum Gasteiger partial charge on any atom is 0.261 e. The summed E-state index contributed by atoms with van der Waals surface area (Å²) in [7, 11) is 0. The maximum atomic E-state index is 12.8. The van der Waals surface area contributed by atoms with Crippen LogP contribution in [0.5, 0.6) is 5.75 Å². The van der Waals surface area contributed by atoms with Crippen molar-refractivity contribution in [2.45, 2.75) is 46.2 Å². The molecule has 0 saturated carbocycles. The van der Waals surface area contributed by atoms with E-state index in [1.54, 1.807) is 11.2 Å². The fraction of sp³-hybridized carbons (Fsp3) is 0.348. The van der Waals surface area contributed by atoms with Crippen molar-refractivity contribution in [3.63, 3.8) is 0 Å². The molecule has 2 aromatic heterocycles. The van der Waals surface area contributed by atoms with E-state index in [-0.39, 0.29) is 17.9 Å². The van der Waals surface area contributed by atoms with Crippen molar-refractivity contribution >= 4 is 5.91 Å². The van der Waals surface area contributed by atoms with Crippen LogP contribution in [0, 0.1) is 6.92 Å². The minimum atomic E-state index is -0.134. The molecule has 1 amide bonds. The first-order chi connectivity index (χ1) is 13.3. The highest BCUT2D eigenvalue weighted by Gasteiger charge is 2.19. The van der Waals surface area contributed by atoms with Crippen LogP contribution in [-0.2, 0) is 23.3 Å². The summed E-state index contributed by atoms with van der Waals surface area (Å²) in [6.45, 7) is 9.04. The molecule has 0 fully saturated rings. The molecule has 1 aromatic carbocycles. The number of hydrogen-bond acceptors (Lipinski definition) is 4. The number of nitrogens with zero attached hydrogens (tertiary/aromatic N) is 1. The molecule has 3 aromatic rings. The Morgan fingerprint density at radius 3 is 2.29 bits per heavy atom. The second-order valence-electron chi connectivity index (χ2n) is 7.90. The summed E-state index contributed by atoms with van der Waals surface area (Å²) in [4.78, 5) is 14.5. The van der Waals surface area contributed by atoms with Crippen molar-refractivity contribution < 1.29 is 18.4 Å². The van der Waals surface area contributed by atoms with E-state index in [2.05, 4.69) is 20.8 Å². The Bertz CT molecular complexity index is 886. The third kappa shape index (κ3) is 5.28. The van der Waals surface area contributed by atoms with Crippen molar-refractivity contribution in [3.05, 3.63) is 77.6 Å². The topological polar surface area (TPSA) is 55.8 Å². The van der Waals surface area contributed by atoms with Crippen molar-refractivity contribution in [2.24, 2.45) is 0 Å². The number of aryl methyl sites for hydroxylation is 1. The number of ether oxygens (including phenoxy) is 1. The average molecular weight is 381 g/mol. The molecule has 28 heavy (non-hydrogen) atoms. The molecule has 5 nitrogen and oxygen atoms in total. The van der Waals surface area contributed by atoms with Crippen molar-refractivity contribution in [3.8, 4) is 5.75 Å². The molecular formula is C23H27NO4. The van der Waals surface area contributed by atoms with Gasteiger partial charge in [0.2, 0.25) is 0 Å². The van der Waals surface area contributed by atoms with Crippen LogP contribution in [0.15, 0.2) is 63.6 Å². The van der Waals surface area contributed by atoms with Gasteiger partial charge in [0.25, 0.3) is 5.91 Å². The first kappa shape index (κ1) is 19.8. The summed E-state index contributed by atoms with van der Waals surface area (Å²) in [5.74, 6) is 2.80. The quantitative estimate of drug-likeness (QED) is 0.572. The molecule has 0 saturated heterocycles. The van der Waals surface area contributed by atoms with Gasteiger partial charge in [0.05, 0.1) is 19.4 Å². The van der Waals surface area contributed by atoms with E-state index in [1.165, 1.54) is 5.56 Å². The number of carbonyl (C=O) groups excluding carboxylic acids is 1. The average Bonchev–Trinajstić information content (AvgIpc) is 3.30. The summed E-state index contributed by atoms with van der Waals surface area (Å²) < 4.78 is 16.8. The van der Waals surface area contributed by atoms with Gasteiger partial charge >= 0.3 is 0 Å². The summed E-state index contributed by atoms with van der Waals surface area (Å²) >= 11 is 0. The Morgan fingerprint density at radius 2 is 1.71 bits per heavy atom. The highest BCUT2D eigenvalue weighted by molar-refractivity contribution is 5.77. The van der Waals surface area contributed by atoms with E-state index in [0.717, 1.165) is 11.5 Å². The highest BCUT2D eigenvalue weighted by Crippen LogP contribution is 2.24. The van der Waals surface area contributed by atoms with Crippen LogP contribution >= 0.6 is 0 Å². The zero-order valence-corrected chi connectivity index (χ0v) is 16.9. The summed E-state index contributed by atoms with van der Waals surface area (Å²) in [6, 6.07) is 15.3. The maximum absolute atomic E-state index is 12.8. The lowest BCUT2D eigenvalue weighted by Gasteiger charge is -2.21. The Hall–Kier alpha value is -2.95. The van der Waals surface area contributed by atoms with Gasteiger partial charge in [-0.1, -0.05) is 32.9 Å². The van der Waals surface area contributed by atoms with E-state index in [0.29, 0.717) is 24.6 Å². The van der Waals surface area contributed by atoms with Gasteiger partial charge in [0.15, 0.2) is 6.61 Å². The predicted octanol–water partition coefficient (Wildman–Crippen LogP) is 5.09. The van der Waals surface area contributed by atoms with Crippen LogP contribution in [0.2, 0.25) is 0 Å². The predicted molar refractivity (Wildman–Crippen MR) is 107 cm³/mol. The number of benzene rings is 1. The first-order valence-electron chi connectivity index (χ1n) is 9.40. The van der Waals surface area contributed by atoms with E-state index < -0.39 is 0 Å². The number of amides is 1. The summed E-state index contributed by atoms with van der Waals surface area (Å²) in [6.07, 6.45) is 1.60. The molecule has 3 rings (SSSR count). The fourth-order valence-electron chi connectivity index (χ4n) is 2.87. The van der Waals surface area contributed by atoms with Crippen LogP contribution < -0.4 is 4.74 Å². The second kappa shape index (κ2) is 8.38. The van der Waals surface area contributed by atoms with Gasteiger partial charge in [-0.2, -0.15) is 0 Å². The third-order valence-corrected chi connectivity index (χ3v) is 4.50. The lowest BCUT2D eigenvalue weighted by atomic mass is 9.87. The summed E-state index contributed by atoms with van der Waals surface area (Å²) in [5, 5.41) is 0. The van der Waals surface area contributed by atoms with Crippen LogP contribution in [-0.4, -0.2) is 17.4 Å². The molecule has 148 valence electrons. The number of furan rings is 2. The standard InChI is InChI=1S/C23H27NO4/c1-17-7-10-21(28-17)15-24(14-20-6-5-13-26-20)22(25)16-27-19-11-8-18(9-12-19)23(2,3)4/h5-13H,14-16H2,1-4H3. The number of hydrogen-bond donors (Lipinski definition) is 0. The Labute approximate surface area is 165 Å². The molecule has 0 aliphatic rings. The lowest BCUT2D eigenvalue weighted by Crippen LogP contribution is -2.33. The van der Waals surface area contributed by atoms with Gasteiger partial charge in [0.1, 0.15) is 23.0 Å². The minimum Gasteiger partial charge on any atom is -0.484 e. The van der Waals surface area contributed by atoms with Gasteiger partial charge in [-0.05, 0) is 54.3 Å². The van der Waals surface area contributed by atoms with Gasteiger partial charge in [-0.15, -0.1) is 0 Å². The molecule has 0 aliphatic heterocycles. The van der Waals surface area contributed by atoms with Gasteiger partial charge in [-0.25, -0.2) is 0 Å². The minimum absolute atomic E-state index is 0.0464. The van der Waals surface area contributed by atoms with Crippen LogP contribution in [0.1, 0.15) is 43.6 Å². The molecule has 0 atom stereocenters. The molecule has 0 N–H and O–H groups in total. The summed E-state index contributed by atoms with van der Waals surface area (Å²) in [5.41, 5.74) is 1.30. The van der Waals surface area contributed by atoms with E-state index >= 15 is 0 Å². The van der Waals surface area contributed by atoms with Crippen molar-refractivity contribution in [1.82, 2.24) is 4.90 Å². The monoisotopic (exact) mass is 381 g/mol. The second-order valence-corrected chi connectivity index (χ2v) is 7.90. The fourth-order valence-corrected chi connectivity index (χ4v) is 2.87. The molecule has 0 bridgehead atoms. The van der Waals surface area contributed by atoms with Crippen LogP contribution in [0.3, 0.4) is 0 Å². The van der Waals surface area contributed by atoms with Crippen molar-refractivity contribution in [2.75, 3.05) is 6.61 Å². The Kier molecular flexibility index (Phi) is 5.93. The molecule has 0 aliphatic carbocycles. The normalized spacial score (nSPS) is 11.4. The van der Waals surface area contributed by atoms with Crippen LogP contribution in [0.4, 0.5) is 0 Å². The van der Waals surface area contributed by atoms with E-state index in [4.69, 9.17) is 13.6 Å². The van der Waals surface area contributed by atoms with E-state index in [9.17, 15) is 4.79 Å². The third-order valence-electron chi connectivity index (χ3n) is 4.50. The first-order valence-corrected chi connectivity index (χ1v) is 9.40. The van der Waals surface area contributed by atoms with Crippen molar-refractivity contribution in [1.29, 1.82) is 0 Å². The highest BCUT2D eigenvalue weighted by atomic mass is 16.5. The molecule has 2 heterocycles. The number of carbonyl (C=O) groups is 1. The molecular weight excluding hydrogens is 354 g/mol. The zero-order valence-electron chi connectivity index (χ0n) is 16.9.